The fourth-order valence-corrected chi connectivity index (χ4v) is 6.82. The maximum absolute atomic E-state index is 13.9. The Morgan fingerprint density at radius 1 is 0.922 bits per heavy atom. The number of likely N-dealkylation sites (N-methyl/N-ethyl adjacent to an activating group) is 2. The van der Waals surface area contributed by atoms with E-state index < -0.39 is 30.2 Å². The summed E-state index contributed by atoms with van der Waals surface area (Å²) < 4.78 is 11.6. The normalized spacial score (nSPS) is 17.9. The van der Waals surface area contributed by atoms with Gasteiger partial charge >= 0.3 is 0 Å². The predicted octanol–water partition coefficient (Wildman–Crippen LogP) is 3.56. The number of nitrogens with one attached hydrogen (secondary N) is 2. The van der Waals surface area contributed by atoms with Crippen LogP contribution in [0.25, 0.3) is 0 Å². The van der Waals surface area contributed by atoms with E-state index in [1.165, 1.54) is 25.5 Å². The van der Waals surface area contributed by atoms with Crippen molar-refractivity contribution in [1.82, 2.24) is 25.3 Å². The zero-order chi connectivity index (χ0) is 38.8. The largest absolute Gasteiger partial charge is 0.379 e. The number of ether oxygens (including phenoxy) is 2. The fraction of sp³-hybridized carbons (Fsp3) is 0.718. The van der Waals surface area contributed by atoms with Crippen LogP contribution in [0.4, 0.5) is 0 Å². The molecule has 0 saturated carbocycles. The molecule has 1 aliphatic heterocycles. The van der Waals surface area contributed by atoms with Gasteiger partial charge in [0.05, 0.1) is 55.8 Å². The first-order chi connectivity index (χ1) is 24.1. The summed E-state index contributed by atoms with van der Waals surface area (Å²) in [7, 11) is 8.31. The van der Waals surface area contributed by atoms with Crippen LogP contribution < -0.4 is 10.6 Å². The topological polar surface area (TPSA) is 138 Å². The summed E-state index contributed by atoms with van der Waals surface area (Å²) in [6, 6.07) is 8.36. The number of hydrogen-bond donors (Lipinski definition) is 2. The van der Waals surface area contributed by atoms with Crippen molar-refractivity contribution in [2.45, 2.75) is 111 Å². The minimum absolute atomic E-state index is 0.0417. The molecule has 12 nitrogen and oxygen atoms in total. The zero-order valence-corrected chi connectivity index (χ0v) is 33.4. The molecule has 0 radical (unpaired) electrons. The van der Waals surface area contributed by atoms with E-state index in [1.54, 1.807) is 18.9 Å². The zero-order valence-electron chi connectivity index (χ0n) is 33.4. The van der Waals surface area contributed by atoms with Crippen molar-refractivity contribution in [3.63, 3.8) is 0 Å². The van der Waals surface area contributed by atoms with Crippen LogP contribution in [-0.4, -0.2) is 129 Å². The summed E-state index contributed by atoms with van der Waals surface area (Å²) in [5.41, 5.74) is 1.11. The smallest absolute Gasteiger partial charge is 0.242 e. The van der Waals surface area contributed by atoms with Gasteiger partial charge in [0.15, 0.2) is 5.78 Å². The summed E-state index contributed by atoms with van der Waals surface area (Å²) in [6.07, 6.45) is 1.26. The van der Waals surface area contributed by atoms with E-state index >= 15 is 0 Å². The van der Waals surface area contributed by atoms with Gasteiger partial charge in [0.25, 0.3) is 0 Å². The lowest BCUT2D eigenvalue weighted by molar-refractivity contribution is -0.146. The van der Waals surface area contributed by atoms with Gasteiger partial charge in [0, 0.05) is 34.2 Å². The maximum Gasteiger partial charge on any atom is 0.242 e. The fourth-order valence-electron chi connectivity index (χ4n) is 6.82. The quantitative estimate of drug-likeness (QED) is 0.222. The molecule has 2 N–H and O–H groups in total. The van der Waals surface area contributed by atoms with Gasteiger partial charge in [-0.25, -0.2) is 0 Å². The average molecular weight is 718 g/mol. The van der Waals surface area contributed by atoms with Crippen molar-refractivity contribution in [2.24, 2.45) is 17.8 Å². The lowest BCUT2D eigenvalue weighted by atomic mass is 9.90. The highest BCUT2D eigenvalue weighted by Crippen LogP contribution is 2.28. The molecule has 1 aromatic rings. The highest BCUT2D eigenvalue weighted by atomic mass is 16.5. The number of benzene rings is 1. The molecule has 51 heavy (non-hydrogen) atoms. The summed E-state index contributed by atoms with van der Waals surface area (Å²) in [5.74, 6) is -1.78. The Morgan fingerprint density at radius 3 is 2.04 bits per heavy atom. The number of methoxy groups -OCH3 is 2. The highest BCUT2D eigenvalue weighted by molar-refractivity contribution is 5.91. The van der Waals surface area contributed by atoms with Crippen LogP contribution in [0.15, 0.2) is 30.3 Å². The second-order valence-corrected chi connectivity index (χ2v) is 14.3. The molecule has 2 rings (SSSR count). The number of rotatable bonds is 19. The van der Waals surface area contributed by atoms with Gasteiger partial charge in [0.2, 0.25) is 23.6 Å². The Labute approximate surface area is 307 Å². The molecule has 1 heterocycles. The number of nitrogens with zero attached hydrogens (tertiary/aromatic N) is 3. The van der Waals surface area contributed by atoms with E-state index in [4.69, 9.17) is 9.47 Å². The predicted molar refractivity (Wildman–Crippen MR) is 201 cm³/mol. The first-order valence-corrected chi connectivity index (χ1v) is 18.5. The van der Waals surface area contributed by atoms with Crippen molar-refractivity contribution in [2.75, 3.05) is 55.0 Å². The molecule has 0 aliphatic carbocycles. The van der Waals surface area contributed by atoms with Crippen molar-refractivity contribution in [1.29, 1.82) is 0 Å². The Balaban J connectivity index is 0.00000418. The minimum atomic E-state index is -0.701. The summed E-state index contributed by atoms with van der Waals surface area (Å²) in [4.78, 5) is 70.9. The molecule has 290 valence electrons. The molecule has 1 aliphatic rings. The second kappa shape index (κ2) is 23.3. The van der Waals surface area contributed by atoms with E-state index in [0.29, 0.717) is 19.4 Å². The van der Waals surface area contributed by atoms with Gasteiger partial charge in [0.1, 0.15) is 0 Å². The van der Waals surface area contributed by atoms with Crippen LogP contribution in [0.3, 0.4) is 0 Å². The Bertz CT molecular complexity index is 1220. The minimum Gasteiger partial charge on any atom is -0.379 e. The first kappa shape index (κ1) is 45.7. The molecule has 4 amide bonds. The molecular weight excluding hydrogens is 650 g/mol. The molecule has 1 saturated heterocycles. The van der Waals surface area contributed by atoms with Crippen LogP contribution in [-0.2, 0) is 39.9 Å². The monoisotopic (exact) mass is 718 g/mol. The van der Waals surface area contributed by atoms with Gasteiger partial charge in [-0.15, -0.1) is 0 Å². The third-order valence-corrected chi connectivity index (χ3v) is 9.62. The molecule has 12 heteroatoms. The third-order valence-electron chi connectivity index (χ3n) is 9.62. The van der Waals surface area contributed by atoms with Gasteiger partial charge in [-0.3, -0.25) is 28.9 Å². The number of carbonyl (C=O) groups excluding carboxylic acids is 5. The lowest BCUT2D eigenvalue weighted by Gasteiger charge is -2.39. The van der Waals surface area contributed by atoms with E-state index in [2.05, 4.69) is 24.5 Å². The number of ketones is 1. The standard InChI is InChI=1S/C36H59N5O7.C3H8/c1-11-24(4)33(40(8)31(44)21-38-36(46)32(23(2)3)39(6)7)29(47-9)20-30(43)41-22-27(42)19-28(41)34(48-10)25(5)35(45)37-18-17-26-15-13-12-14-16-26;1-3-2/h12-16,23-25,28-29,32-34H,11,17-22H2,1-10H3,(H,37,45)(H,38,46);3H2,1-2H3/t24-,25?,28?,29?,32?,33?,34?;/m0./s1. The van der Waals surface area contributed by atoms with E-state index in [1.807, 2.05) is 77.0 Å². The molecule has 7 atom stereocenters. The second-order valence-electron chi connectivity index (χ2n) is 14.3. The Hall–Kier alpha value is -3.35. The molecule has 1 aromatic carbocycles. The molecule has 6 unspecified atom stereocenters. The molecule has 0 spiro atoms. The number of carbonyl (C=O) groups is 5. The highest BCUT2D eigenvalue weighted by Gasteiger charge is 2.44. The third kappa shape index (κ3) is 14.0. The van der Waals surface area contributed by atoms with E-state index in [-0.39, 0.29) is 73.2 Å². The number of amides is 4. The van der Waals surface area contributed by atoms with Crippen LogP contribution in [0.1, 0.15) is 79.7 Å². The SMILES string of the molecule is CCC.CC[C@H](C)C(C(CC(=O)N1CC(=O)CC1C(OC)C(C)C(=O)NCCc1ccccc1)OC)N(C)C(=O)CNC(=O)C(C(C)C)N(C)C. The Morgan fingerprint density at radius 2 is 1.53 bits per heavy atom. The van der Waals surface area contributed by atoms with Crippen LogP contribution >= 0.6 is 0 Å². The van der Waals surface area contributed by atoms with Crippen molar-refractivity contribution in [3.8, 4) is 0 Å². The molecule has 0 aromatic heterocycles. The number of likely N-dealkylation sites (tertiary alicyclic amines) is 1. The number of Topliss-reactive ketones (excluding diaryl/α,β-unsaturated/α-hetero) is 1. The van der Waals surface area contributed by atoms with Crippen molar-refractivity contribution in [3.05, 3.63) is 35.9 Å². The van der Waals surface area contributed by atoms with Crippen molar-refractivity contribution >= 4 is 29.4 Å². The van der Waals surface area contributed by atoms with Crippen LogP contribution in [0, 0.1) is 17.8 Å². The Kier molecular flexibility index (Phi) is 20.8. The average Bonchev–Trinajstić information content (AvgIpc) is 3.48. The van der Waals surface area contributed by atoms with Gasteiger partial charge in [-0.05, 0) is 37.9 Å². The summed E-state index contributed by atoms with van der Waals surface area (Å²) in [5, 5.41) is 5.74. The van der Waals surface area contributed by atoms with Crippen LogP contribution in [0.2, 0.25) is 0 Å². The van der Waals surface area contributed by atoms with Gasteiger partial charge in [-0.2, -0.15) is 0 Å². The lowest BCUT2D eigenvalue weighted by Crippen LogP contribution is -2.55. The molecule has 1 fully saturated rings. The summed E-state index contributed by atoms with van der Waals surface area (Å²) >= 11 is 0. The van der Waals surface area contributed by atoms with Crippen LogP contribution in [0.5, 0.6) is 0 Å². The molecule has 0 bridgehead atoms. The number of hydrogen-bond acceptors (Lipinski definition) is 8. The van der Waals surface area contributed by atoms with Crippen molar-refractivity contribution < 1.29 is 33.4 Å². The van der Waals surface area contributed by atoms with E-state index in [9.17, 15) is 24.0 Å². The first-order valence-electron chi connectivity index (χ1n) is 18.5. The molecular formula is C39H67N5O7. The summed E-state index contributed by atoms with van der Waals surface area (Å²) in [6.45, 7) is 14.1. The van der Waals surface area contributed by atoms with Gasteiger partial charge < -0.3 is 29.9 Å². The maximum atomic E-state index is 13.9. The van der Waals surface area contributed by atoms with E-state index in [0.717, 1.165) is 5.56 Å². The van der Waals surface area contributed by atoms with Gasteiger partial charge in [-0.1, -0.05) is 91.6 Å².